The molecular formula is C12H10N2O3. The van der Waals surface area contributed by atoms with Crippen LogP contribution >= 0.6 is 0 Å². The highest BCUT2D eigenvalue weighted by Gasteiger charge is 2.12. The zero-order valence-electron chi connectivity index (χ0n) is 9.14. The number of amides is 1. The van der Waals surface area contributed by atoms with Crippen molar-refractivity contribution < 1.29 is 14.1 Å². The molecular weight excluding hydrogens is 220 g/mol. The van der Waals surface area contributed by atoms with Crippen LogP contribution in [0.15, 0.2) is 35.0 Å². The molecule has 5 heteroatoms. The van der Waals surface area contributed by atoms with Gasteiger partial charge in [-0.05, 0) is 18.6 Å². The van der Waals surface area contributed by atoms with Crippen LogP contribution in [0.1, 0.15) is 26.5 Å². The largest absolute Gasteiger partial charge is 0.351 e. The minimum absolute atomic E-state index is 0.126. The van der Waals surface area contributed by atoms with Gasteiger partial charge in [-0.25, -0.2) is 0 Å². The first kappa shape index (κ1) is 11.1. The summed E-state index contributed by atoms with van der Waals surface area (Å²) in [4.78, 5) is 22.4. The van der Waals surface area contributed by atoms with Crippen molar-refractivity contribution in [3.8, 4) is 0 Å². The first-order chi connectivity index (χ1) is 8.22. The fourth-order valence-corrected chi connectivity index (χ4v) is 1.43. The van der Waals surface area contributed by atoms with Crippen molar-refractivity contribution in [1.29, 1.82) is 0 Å². The summed E-state index contributed by atoms with van der Waals surface area (Å²) < 4.78 is 4.73. The quantitative estimate of drug-likeness (QED) is 0.819. The predicted molar refractivity (Wildman–Crippen MR) is 61.0 cm³/mol. The van der Waals surface area contributed by atoms with Crippen molar-refractivity contribution in [2.75, 3.05) is 5.32 Å². The van der Waals surface area contributed by atoms with Gasteiger partial charge in [0.2, 0.25) is 5.76 Å². The lowest BCUT2D eigenvalue weighted by molar-refractivity contribution is 0.0987. The van der Waals surface area contributed by atoms with Crippen molar-refractivity contribution >= 4 is 17.9 Å². The van der Waals surface area contributed by atoms with E-state index in [4.69, 9.17) is 4.52 Å². The third-order valence-corrected chi connectivity index (χ3v) is 2.41. The third-order valence-electron chi connectivity index (χ3n) is 2.41. The number of anilines is 1. The minimum Gasteiger partial charge on any atom is -0.351 e. The Bertz CT molecular complexity index is 547. The summed E-state index contributed by atoms with van der Waals surface area (Å²) in [6, 6.07) is 6.57. The SMILES string of the molecule is Cc1c(C=O)cccc1NC(=O)c1ccno1. The van der Waals surface area contributed by atoms with Gasteiger partial charge < -0.3 is 9.84 Å². The van der Waals surface area contributed by atoms with E-state index in [1.54, 1.807) is 25.1 Å². The van der Waals surface area contributed by atoms with Crippen LogP contribution in [-0.4, -0.2) is 17.4 Å². The number of nitrogens with one attached hydrogen (secondary N) is 1. The molecule has 1 amide bonds. The first-order valence-electron chi connectivity index (χ1n) is 4.99. The van der Waals surface area contributed by atoms with E-state index in [-0.39, 0.29) is 5.76 Å². The van der Waals surface area contributed by atoms with Crippen molar-refractivity contribution in [1.82, 2.24) is 5.16 Å². The number of carbonyl (C=O) groups is 2. The fourth-order valence-electron chi connectivity index (χ4n) is 1.43. The Labute approximate surface area is 97.4 Å². The molecule has 0 saturated carbocycles. The Morgan fingerprint density at radius 3 is 2.88 bits per heavy atom. The lowest BCUT2D eigenvalue weighted by Gasteiger charge is -2.07. The number of hydrogen-bond donors (Lipinski definition) is 1. The smallest absolute Gasteiger partial charge is 0.294 e. The van der Waals surface area contributed by atoms with Crippen LogP contribution in [0.5, 0.6) is 0 Å². The highest BCUT2D eigenvalue weighted by molar-refractivity contribution is 6.03. The van der Waals surface area contributed by atoms with Gasteiger partial charge in [-0.15, -0.1) is 0 Å². The zero-order chi connectivity index (χ0) is 12.3. The maximum atomic E-state index is 11.7. The van der Waals surface area contributed by atoms with Crippen LogP contribution in [-0.2, 0) is 0 Å². The summed E-state index contributed by atoms with van der Waals surface area (Å²) in [5.41, 5.74) is 1.84. The Morgan fingerprint density at radius 2 is 2.24 bits per heavy atom. The predicted octanol–water partition coefficient (Wildman–Crippen LogP) is 2.05. The average Bonchev–Trinajstić information content (AvgIpc) is 2.85. The molecule has 1 N–H and O–H groups in total. The Morgan fingerprint density at radius 1 is 1.41 bits per heavy atom. The Kier molecular flexibility index (Phi) is 3.00. The molecule has 5 nitrogen and oxygen atoms in total. The van der Waals surface area contributed by atoms with Crippen LogP contribution in [0.2, 0.25) is 0 Å². The highest BCUT2D eigenvalue weighted by atomic mass is 16.5. The molecule has 0 unspecified atom stereocenters. The van der Waals surface area contributed by atoms with Crippen LogP contribution in [0.4, 0.5) is 5.69 Å². The zero-order valence-corrected chi connectivity index (χ0v) is 9.14. The molecule has 17 heavy (non-hydrogen) atoms. The first-order valence-corrected chi connectivity index (χ1v) is 4.99. The number of aromatic nitrogens is 1. The van der Waals surface area contributed by atoms with Gasteiger partial charge in [0.05, 0.1) is 6.20 Å². The number of aldehydes is 1. The summed E-state index contributed by atoms with van der Waals surface area (Å²) in [5, 5.41) is 6.10. The third kappa shape index (κ3) is 2.23. The maximum Gasteiger partial charge on any atom is 0.294 e. The van der Waals surface area contributed by atoms with Crippen molar-refractivity contribution in [2.45, 2.75) is 6.92 Å². The second-order valence-electron chi connectivity index (χ2n) is 3.47. The molecule has 0 aliphatic rings. The maximum absolute atomic E-state index is 11.7. The van der Waals surface area contributed by atoms with Gasteiger partial charge in [0.1, 0.15) is 6.29 Å². The van der Waals surface area contributed by atoms with E-state index in [0.717, 1.165) is 11.8 Å². The Balaban J connectivity index is 2.25. The highest BCUT2D eigenvalue weighted by Crippen LogP contribution is 2.18. The van der Waals surface area contributed by atoms with E-state index >= 15 is 0 Å². The number of hydrogen-bond acceptors (Lipinski definition) is 4. The monoisotopic (exact) mass is 230 g/mol. The topological polar surface area (TPSA) is 72.2 Å². The molecule has 0 bridgehead atoms. The van der Waals surface area contributed by atoms with Gasteiger partial charge in [0.15, 0.2) is 0 Å². The number of rotatable bonds is 3. The molecule has 1 aromatic heterocycles. The lowest BCUT2D eigenvalue weighted by atomic mass is 10.1. The van der Waals surface area contributed by atoms with Gasteiger partial charge in [0.25, 0.3) is 5.91 Å². The summed E-state index contributed by atoms with van der Waals surface area (Å²) in [6.45, 7) is 1.76. The fraction of sp³-hybridized carbons (Fsp3) is 0.0833. The molecule has 2 aromatic rings. The standard InChI is InChI=1S/C12H10N2O3/c1-8-9(7-15)3-2-4-10(8)14-12(16)11-5-6-13-17-11/h2-7H,1H3,(H,14,16). The normalized spacial score (nSPS) is 9.94. The van der Waals surface area contributed by atoms with E-state index < -0.39 is 5.91 Å². The second kappa shape index (κ2) is 4.61. The molecule has 0 aliphatic carbocycles. The number of carbonyl (C=O) groups excluding carboxylic acids is 2. The van der Waals surface area contributed by atoms with Crippen LogP contribution in [0, 0.1) is 6.92 Å². The van der Waals surface area contributed by atoms with Crippen molar-refractivity contribution in [3.63, 3.8) is 0 Å². The molecule has 86 valence electrons. The molecule has 1 heterocycles. The number of nitrogens with zero attached hydrogens (tertiary/aromatic N) is 1. The van der Waals surface area contributed by atoms with E-state index in [0.29, 0.717) is 11.3 Å². The van der Waals surface area contributed by atoms with Gasteiger partial charge in [-0.1, -0.05) is 17.3 Å². The summed E-state index contributed by atoms with van der Waals surface area (Å²) in [5.74, 6) is -0.269. The summed E-state index contributed by atoms with van der Waals surface area (Å²) in [7, 11) is 0. The molecule has 1 aromatic carbocycles. The molecule has 0 fully saturated rings. The molecule has 0 atom stereocenters. The van der Waals surface area contributed by atoms with E-state index in [1.807, 2.05) is 0 Å². The molecule has 0 radical (unpaired) electrons. The Hall–Kier alpha value is -2.43. The van der Waals surface area contributed by atoms with Gasteiger partial charge in [0, 0.05) is 17.3 Å². The van der Waals surface area contributed by atoms with Crippen molar-refractivity contribution in [3.05, 3.63) is 47.3 Å². The van der Waals surface area contributed by atoms with Crippen molar-refractivity contribution in [2.24, 2.45) is 0 Å². The average molecular weight is 230 g/mol. The number of benzene rings is 1. The summed E-state index contributed by atoms with van der Waals surface area (Å²) >= 11 is 0. The molecule has 0 spiro atoms. The van der Waals surface area contributed by atoms with Gasteiger partial charge in [-0.3, -0.25) is 9.59 Å². The summed E-state index contributed by atoms with van der Waals surface area (Å²) in [6.07, 6.45) is 2.14. The molecule has 0 saturated heterocycles. The van der Waals surface area contributed by atoms with Crippen LogP contribution in [0.25, 0.3) is 0 Å². The van der Waals surface area contributed by atoms with Gasteiger partial charge in [-0.2, -0.15) is 0 Å². The van der Waals surface area contributed by atoms with Crippen LogP contribution < -0.4 is 5.32 Å². The minimum atomic E-state index is -0.395. The van der Waals surface area contributed by atoms with E-state index in [2.05, 4.69) is 10.5 Å². The molecule has 0 aliphatic heterocycles. The van der Waals surface area contributed by atoms with Gasteiger partial charge >= 0.3 is 0 Å². The van der Waals surface area contributed by atoms with E-state index in [1.165, 1.54) is 12.3 Å². The van der Waals surface area contributed by atoms with E-state index in [9.17, 15) is 9.59 Å². The molecule has 2 rings (SSSR count). The van der Waals surface area contributed by atoms with Crippen LogP contribution in [0.3, 0.4) is 0 Å². The lowest BCUT2D eigenvalue weighted by Crippen LogP contribution is -2.12. The second-order valence-corrected chi connectivity index (χ2v) is 3.47.